The summed E-state index contributed by atoms with van der Waals surface area (Å²) in [5, 5.41) is 9.29. The van der Waals surface area contributed by atoms with Gasteiger partial charge in [-0.1, -0.05) is 24.3 Å². The Morgan fingerprint density at radius 3 is 2.60 bits per heavy atom. The molecule has 1 saturated heterocycles. The van der Waals surface area contributed by atoms with Crippen molar-refractivity contribution in [2.75, 3.05) is 20.1 Å². The third kappa shape index (κ3) is 3.67. The van der Waals surface area contributed by atoms with Gasteiger partial charge in [-0.2, -0.15) is 0 Å². The van der Waals surface area contributed by atoms with E-state index in [2.05, 4.69) is 7.05 Å². The summed E-state index contributed by atoms with van der Waals surface area (Å²) in [6, 6.07) is 13.7. The van der Waals surface area contributed by atoms with Crippen LogP contribution < -0.4 is 21.6 Å². The van der Waals surface area contributed by atoms with Gasteiger partial charge in [-0.3, -0.25) is 23.9 Å². The van der Waals surface area contributed by atoms with Crippen molar-refractivity contribution in [3.63, 3.8) is 0 Å². The van der Waals surface area contributed by atoms with Crippen LogP contribution >= 0.6 is 0 Å². The zero-order chi connectivity index (χ0) is 21.3. The van der Waals surface area contributed by atoms with Gasteiger partial charge in [-0.25, -0.2) is 10.3 Å². The number of aromatic nitrogens is 2. The van der Waals surface area contributed by atoms with Crippen molar-refractivity contribution < 1.29 is 14.9 Å². The number of carbonyl (C=O) groups is 1. The molecule has 3 N–H and O–H groups in total. The van der Waals surface area contributed by atoms with Crippen molar-refractivity contribution in [3.05, 3.63) is 80.5 Å². The molecule has 2 heterocycles. The van der Waals surface area contributed by atoms with Crippen LogP contribution in [0.2, 0.25) is 0 Å². The summed E-state index contributed by atoms with van der Waals surface area (Å²) in [5.41, 5.74) is 2.78. The van der Waals surface area contributed by atoms with E-state index in [1.807, 2.05) is 12.1 Å². The first-order valence-electron chi connectivity index (χ1n) is 10.1. The van der Waals surface area contributed by atoms with Gasteiger partial charge in [-0.05, 0) is 42.7 Å². The minimum Gasteiger partial charge on any atom is -0.336 e. The Kier molecular flexibility index (Phi) is 5.52. The highest BCUT2D eigenvalue weighted by atomic mass is 16.5. The molecule has 1 aromatic heterocycles. The zero-order valence-electron chi connectivity index (χ0n) is 16.8. The number of nitrogens with zero attached hydrogens (tertiary/aromatic N) is 2. The van der Waals surface area contributed by atoms with Gasteiger partial charge in [0.1, 0.15) is 0 Å². The predicted molar refractivity (Wildman–Crippen MR) is 112 cm³/mol. The molecule has 2 atom stereocenters. The fraction of sp³-hybridized carbons (Fsp3) is 0.318. The van der Waals surface area contributed by atoms with Crippen LogP contribution in [-0.2, 0) is 6.54 Å². The molecule has 2 unspecified atom stereocenters. The van der Waals surface area contributed by atoms with E-state index in [0.717, 1.165) is 31.5 Å². The third-order valence-electron chi connectivity index (χ3n) is 5.83. The molecule has 3 aromatic rings. The number of quaternary nitrogens is 1. The number of carbonyl (C=O) groups excluding carboxylic acids is 1. The first kappa shape index (κ1) is 20.1. The van der Waals surface area contributed by atoms with E-state index >= 15 is 0 Å². The zero-order valence-corrected chi connectivity index (χ0v) is 16.8. The Morgan fingerprint density at radius 2 is 1.90 bits per heavy atom. The van der Waals surface area contributed by atoms with Gasteiger partial charge in [0, 0.05) is 5.56 Å². The highest BCUT2D eigenvalue weighted by Gasteiger charge is 2.26. The number of hydrogen-bond donors (Lipinski definition) is 3. The van der Waals surface area contributed by atoms with Crippen LogP contribution in [-0.4, -0.2) is 40.4 Å². The molecule has 1 aliphatic heterocycles. The van der Waals surface area contributed by atoms with E-state index in [0.29, 0.717) is 16.5 Å². The molecule has 4 rings (SSSR count). The molecule has 0 bridgehead atoms. The second-order valence-corrected chi connectivity index (χ2v) is 7.91. The highest BCUT2D eigenvalue weighted by Crippen LogP contribution is 2.15. The minimum atomic E-state index is -0.596. The van der Waals surface area contributed by atoms with Gasteiger partial charge < -0.3 is 4.90 Å². The molecule has 0 spiro atoms. The molecule has 8 nitrogen and oxygen atoms in total. The lowest BCUT2D eigenvalue weighted by Crippen LogP contribution is -3.10. The number of likely N-dealkylation sites (tertiary alicyclic amines) is 1. The van der Waals surface area contributed by atoms with Gasteiger partial charge in [-0.15, -0.1) is 0 Å². The summed E-state index contributed by atoms with van der Waals surface area (Å²) in [5.74, 6) is -0.596. The van der Waals surface area contributed by atoms with Crippen LogP contribution in [0.15, 0.2) is 58.1 Å². The maximum Gasteiger partial charge on any atom is 0.332 e. The lowest BCUT2D eigenvalue weighted by Gasteiger charge is -2.28. The van der Waals surface area contributed by atoms with Crippen molar-refractivity contribution in [2.45, 2.75) is 25.4 Å². The summed E-state index contributed by atoms with van der Waals surface area (Å²) in [7, 11) is 2.08. The minimum absolute atomic E-state index is 0.120. The number of fused-ring (bicyclic) bond motifs is 1. The molecule has 1 fully saturated rings. The largest absolute Gasteiger partial charge is 0.336 e. The number of nitrogens with one attached hydrogen (secondary N) is 2. The van der Waals surface area contributed by atoms with Crippen molar-refractivity contribution in [1.82, 2.24) is 14.6 Å². The van der Waals surface area contributed by atoms with Gasteiger partial charge >= 0.3 is 5.69 Å². The summed E-state index contributed by atoms with van der Waals surface area (Å²) in [6.45, 7) is 2.06. The number of likely N-dealkylation sites (N-methyl/N-ethyl adjacent to an activating group) is 1. The molecular weight excluding hydrogens is 384 g/mol. The van der Waals surface area contributed by atoms with Crippen LogP contribution in [0.25, 0.3) is 10.9 Å². The molecule has 156 valence electrons. The average Bonchev–Trinajstić information content (AvgIpc) is 2.77. The second kappa shape index (κ2) is 8.25. The van der Waals surface area contributed by atoms with Gasteiger partial charge in [0.25, 0.3) is 11.5 Å². The molecule has 8 heteroatoms. The number of piperidine rings is 1. The molecule has 0 saturated carbocycles. The molecule has 30 heavy (non-hydrogen) atoms. The lowest BCUT2D eigenvalue weighted by molar-refractivity contribution is -0.887. The van der Waals surface area contributed by atoms with Gasteiger partial charge in [0.05, 0.1) is 43.6 Å². The summed E-state index contributed by atoms with van der Waals surface area (Å²) >= 11 is 0. The maximum atomic E-state index is 13.5. The number of amides is 1. The first-order valence-corrected chi connectivity index (χ1v) is 10.1. The van der Waals surface area contributed by atoms with E-state index in [-0.39, 0.29) is 23.8 Å². The van der Waals surface area contributed by atoms with Crippen LogP contribution in [0.3, 0.4) is 0 Å². The first-order chi connectivity index (χ1) is 14.5. The fourth-order valence-corrected chi connectivity index (χ4v) is 4.29. The van der Waals surface area contributed by atoms with Crippen molar-refractivity contribution >= 4 is 16.8 Å². The third-order valence-corrected chi connectivity index (χ3v) is 5.83. The quantitative estimate of drug-likeness (QED) is 0.423. The second-order valence-electron chi connectivity index (χ2n) is 7.91. The van der Waals surface area contributed by atoms with Crippen molar-refractivity contribution in [1.29, 1.82) is 0 Å². The monoisotopic (exact) mass is 409 g/mol. The standard InChI is InChI=1S/C22H24N4O4/c1-24-12-4-5-17(14-24)26-21(28)18-6-2-3-7-19(18)25(22(26)29)13-15-8-10-16(11-9-15)20(27)23-30/h2-3,6-11,17,30H,4-5,12-14H2,1H3,(H,23,27)/p+1. The number of para-hydroxylation sites is 1. The molecule has 0 radical (unpaired) electrons. The Hall–Kier alpha value is -3.23. The molecule has 1 amide bonds. The Balaban J connectivity index is 1.82. The molecule has 2 aromatic carbocycles. The molecule has 1 aliphatic rings. The van der Waals surface area contributed by atoms with Crippen LogP contribution in [0.1, 0.15) is 34.8 Å². The Morgan fingerprint density at radius 1 is 1.17 bits per heavy atom. The van der Waals surface area contributed by atoms with Crippen LogP contribution in [0.5, 0.6) is 0 Å². The van der Waals surface area contributed by atoms with E-state index in [1.165, 1.54) is 9.47 Å². The Labute approximate surface area is 172 Å². The molecular formula is C22H25N4O4+. The number of benzene rings is 2. The average molecular weight is 409 g/mol. The van der Waals surface area contributed by atoms with Crippen molar-refractivity contribution in [2.24, 2.45) is 0 Å². The van der Waals surface area contributed by atoms with E-state index in [4.69, 9.17) is 5.21 Å². The number of rotatable bonds is 4. The number of hydrogen-bond acceptors (Lipinski definition) is 4. The smallest absolute Gasteiger partial charge is 0.332 e. The number of hydroxylamine groups is 1. The summed E-state index contributed by atoms with van der Waals surface area (Å²) in [4.78, 5) is 39.5. The van der Waals surface area contributed by atoms with Gasteiger partial charge in [0.2, 0.25) is 0 Å². The highest BCUT2D eigenvalue weighted by molar-refractivity contribution is 5.93. The van der Waals surface area contributed by atoms with Crippen LogP contribution in [0.4, 0.5) is 0 Å². The summed E-state index contributed by atoms with van der Waals surface area (Å²) < 4.78 is 3.06. The van der Waals surface area contributed by atoms with E-state index < -0.39 is 5.91 Å². The van der Waals surface area contributed by atoms with E-state index in [9.17, 15) is 14.4 Å². The van der Waals surface area contributed by atoms with Crippen LogP contribution in [0, 0.1) is 0 Å². The maximum absolute atomic E-state index is 13.5. The summed E-state index contributed by atoms with van der Waals surface area (Å²) in [6.07, 6.45) is 1.79. The Bertz CT molecular complexity index is 1200. The topological polar surface area (TPSA) is 97.8 Å². The fourth-order valence-electron chi connectivity index (χ4n) is 4.29. The van der Waals surface area contributed by atoms with E-state index in [1.54, 1.807) is 46.4 Å². The SMILES string of the molecule is C[NH+]1CCCC(n2c(=O)c3ccccc3n(Cc3ccc(C(=O)NO)cc3)c2=O)C1. The van der Waals surface area contributed by atoms with Gasteiger partial charge in [0.15, 0.2) is 0 Å². The predicted octanol–water partition coefficient (Wildman–Crippen LogP) is 0.180. The molecule has 0 aliphatic carbocycles. The lowest BCUT2D eigenvalue weighted by atomic mass is 10.1. The normalized spacial score (nSPS) is 19.0. The van der Waals surface area contributed by atoms with Crippen molar-refractivity contribution in [3.8, 4) is 0 Å².